The molecule has 6 heteroatoms. The van der Waals surface area contributed by atoms with Gasteiger partial charge in [-0.05, 0) is 45.1 Å². The molecule has 1 aromatic heterocycles. The first-order valence-electron chi connectivity index (χ1n) is 8.38. The summed E-state index contributed by atoms with van der Waals surface area (Å²) in [4.78, 5) is 20.3. The second-order valence-corrected chi connectivity index (χ2v) is 7.65. The van der Waals surface area contributed by atoms with Crippen molar-refractivity contribution in [1.82, 2.24) is 20.5 Å². The van der Waals surface area contributed by atoms with Gasteiger partial charge in [-0.25, -0.2) is 9.78 Å². The Labute approximate surface area is 136 Å². The zero-order valence-electron chi connectivity index (χ0n) is 13.5. The van der Waals surface area contributed by atoms with Crippen LogP contribution in [0.5, 0.6) is 0 Å². The van der Waals surface area contributed by atoms with E-state index in [2.05, 4.69) is 34.4 Å². The second kappa shape index (κ2) is 6.96. The molecule has 1 aromatic rings. The Hall–Kier alpha value is -1.14. The average Bonchev–Trinajstić information content (AvgIpc) is 3.40. The van der Waals surface area contributed by atoms with Gasteiger partial charge < -0.3 is 10.6 Å². The highest BCUT2D eigenvalue weighted by atomic mass is 32.1. The van der Waals surface area contributed by atoms with Crippen molar-refractivity contribution < 1.29 is 4.79 Å². The average molecular weight is 322 g/mol. The van der Waals surface area contributed by atoms with Crippen molar-refractivity contribution in [2.24, 2.45) is 5.92 Å². The molecule has 1 unspecified atom stereocenters. The van der Waals surface area contributed by atoms with E-state index in [4.69, 9.17) is 0 Å². The van der Waals surface area contributed by atoms with Crippen molar-refractivity contribution in [3.05, 3.63) is 16.1 Å². The molecule has 0 aromatic carbocycles. The van der Waals surface area contributed by atoms with Crippen LogP contribution in [0.4, 0.5) is 4.79 Å². The van der Waals surface area contributed by atoms with E-state index in [1.165, 1.54) is 30.6 Å². The number of thiazole rings is 1. The maximum Gasteiger partial charge on any atom is 0.315 e. The standard InChI is InChI=1S/C16H26N4OS/c1-3-20(13-6-7-13)9-8-17-16(21)19-14(12-4-5-12)15-18-10-11(2)22-15/h10,12-14H,3-9H2,1-2H3,(H2,17,19,21). The molecular weight excluding hydrogens is 296 g/mol. The highest BCUT2D eigenvalue weighted by Gasteiger charge is 2.35. The summed E-state index contributed by atoms with van der Waals surface area (Å²) in [6.07, 6.45) is 6.90. The number of aryl methyl sites for hydroxylation is 1. The lowest BCUT2D eigenvalue weighted by Crippen LogP contribution is -2.42. The van der Waals surface area contributed by atoms with Crippen LogP contribution in [-0.2, 0) is 0 Å². The van der Waals surface area contributed by atoms with Crippen molar-refractivity contribution in [2.45, 2.75) is 51.6 Å². The number of likely N-dealkylation sites (N-methyl/N-ethyl adjacent to an activating group) is 1. The molecule has 2 N–H and O–H groups in total. The van der Waals surface area contributed by atoms with Crippen LogP contribution in [0.3, 0.4) is 0 Å². The minimum atomic E-state index is -0.0587. The fourth-order valence-electron chi connectivity index (χ4n) is 2.87. The molecule has 1 heterocycles. The minimum Gasteiger partial charge on any atom is -0.337 e. The van der Waals surface area contributed by atoms with E-state index in [0.717, 1.165) is 24.1 Å². The molecule has 2 aliphatic rings. The third-order valence-corrected chi connectivity index (χ3v) is 5.44. The number of carbonyl (C=O) groups is 1. The molecule has 122 valence electrons. The fourth-order valence-corrected chi connectivity index (χ4v) is 3.79. The number of nitrogens with one attached hydrogen (secondary N) is 2. The van der Waals surface area contributed by atoms with Crippen molar-refractivity contribution in [2.75, 3.05) is 19.6 Å². The van der Waals surface area contributed by atoms with Crippen LogP contribution >= 0.6 is 11.3 Å². The molecule has 2 aliphatic carbocycles. The van der Waals surface area contributed by atoms with Crippen LogP contribution in [0.15, 0.2) is 6.20 Å². The molecule has 2 fully saturated rings. The van der Waals surface area contributed by atoms with Gasteiger partial charge in [0.15, 0.2) is 0 Å². The van der Waals surface area contributed by atoms with Gasteiger partial charge in [0.05, 0.1) is 6.04 Å². The molecule has 0 radical (unpaired) electrons. The van der Waals surface area contributed by atoms with Crippen molar-refractivity contribution in [1.29, 1.82) is 0 Å². The molecule has 3 rings (SSSR count). The highest BCUT2D eigenvalue weighted by Crippen LogP contribution is 2.41. The Balaban J connectivity index is 1.45. The second-order valence-electron chi connectivity index (χ2n) is 6.38. The van der Waals surface area contributed by atoms with Crippen LogP contribution < -0.4 is 10.6 Å². The van der Waals surface area contributed by atoms with Crippen LogP contribution in [0.1, 0.15) is 48.5 Å². The van der Waals surface area contributed by atoms with E-state index >= 15 is 0 Å². The first-order valence-corrected chi connectivity index (χ1v) is 9.19. The van der Waals surface area contributed by atoms with Gasteiger partial charge in [-0.3, -0.25) is 4.90 Å². The fraction of sp³-hybridized carbons (Fsp3) is 0.750. The topological polar surface area (TPSA) is 57.3 Å². The van der Waals surface area contributed by atoms with Crippen LogP contribution in [0.25, 0.3) is 0 Å². The van der Waals surface area contributed by atoms with Crippen molar-refractivity contribution in [3.8, 4) is 0 Å². The molecule has 2 amide bonds. The largest absolute Gasteiger partial charge is 0.337 e. The first kappa shape index (κ1) is 15.7. The number of nitrogens with zero attached hydrogens (tertiary/aromatic N) is 2. The zero-order chi connectivity index (χ0) is 15.5. The van der Waals surface area contributed by atoms with Gasteiger partial charge in [0.1, 0.15) is 5.01 Å². The van der Waals surface area contributed by atoms with E-state index < -0.39 is 0 Å². The smallest absolute Gasteiger partial charge is 0.315 e. The Morgan fingerprint density at radius 2 is 2.23 bits per heavy atom. The van der Waals surface area contributed by atoms with E-state index in [1.54, 1.807) is 11.3 Å². The maximum atomic E-state index is 12.2. The molecule has 22 heavy (non-hydrogen) atoms. The summed E-state index contributed by atoms with van der Waals surface area (Å²) < 4.78 is 0. The van der Waals surface area contributed by atoms with Crippen molar-refractivity contribution >= 4 is 17.4 Å². The van der Waals surface area contributed by atoms with E-state index in [-0.39, 0.29) is 12.1 Å². The predicted molar refractivity (Wildman–Crippen MR) is 89.1 cm³/mol. The van der Waals surface area contributed by atoms with Crippen LogP contribution in [0.2, 0.25) is 0 Å². The number of hydrogen-bond donors (Lipinski definition) is 2. The summed E-state index contributed by atoms with van der Waals surface area (Å²) >= 11 is 1.69. The molecule has 1 atom stereocenters. The minimum absolute atomic E-state index is 0.0587. The van der Waals surface area contributed by atoms with Gasteiger partial charge in [-0.2, -0.15) is 0 Å². The van der Waals surface area contributed by atoms with Gasteiger partial charge in [-0.1, -0.05) is 6.92 Å². The third kappa shape index (κ3) is 4.20. The lowest BCUT2D eigenvalue weighted by Gasteiger charge is -2.21. The predicted octanol–water partition coefficient (Wildman–Crippen LogP) is 2.69. The Morgan fingerprint density at radius 3 is 2.77 bits per heavy atom. The molecule has 0 spiro atoms. The van der Waals surface area contributed by atoms with Gasteiger partial charge in [-0.15, -0.1) is 11.3 Å². The number of hydrogen-bond acceptors (Lipinski definition) is 4. The lowest BCUT2D eigenvalue weighted by atomic mass is 10.2. The zero-order valence-corrected chi connectivity index (χ0v) is 14.3. The van der Waals surface area contributed by atoms with Crippen LogP contribution in [-0.4, -0.2) is 41.6 Å². The Kier molecular flexibility index (Phi) is 4.98. The normalized spacial score (nSPS) is 19.2. The summed E-state index contributed by atoms with van der Waals surface area (Å²) in [6.45, 7) is 6.97. The molecule has 0 aliphatic heterocycles. The van der Waals surface area contributed by atoms with Crippen molar-refractivity contribution in [3.63, 3.8) is 0 Å². The number of urea groups is 1. The summed E-state index contributed by atoms with van der Waals surface area (Å²) in [5.41, 5.74) is 0. The van der Waals surface area contributed by atoms with E-state index in [1.807, 2.05) is 6.20 Å². The SMILES string of the molecule is CCN(CCNC(=O)NC(c1ncc(C)s1)C1CC1)C1CC1. The summed E-state index contributed by atoms with van der Waals surface area (Å²) in [5.74, 6) is 0.565. The third-order valence-electron chi connectivity index (χ3n) is 4.44. The summed E-state index contributed by atoms with van der Waals surface area (Å²) in [6, 6.07) is 0.786. The summed E-state index contributed by atoms with van der Waals surface area (Å²) in [5, 5.41) is 7.17. The summed E-state index contributed by atoms with van der Waals surface area (Å²) in [7, 11) is 0. The number of aromatic nitrogens is 1. The Bertz CT molecular complexity index is 510. The maximum absolute atomic E-state index is 12.2. The molecule has 0 bridgehead atoms. The van der Waals surface area contributed by atoms with Gasteiger partial charge in [0.25, 0.3) is 0 Å². The first-order chi connectivity index (χ1) is 10.7. The monoisotopic (exact) mass is 322 g/mol. The molecular formula is C16H26N4OS. The van der Waals surface area contributed by atoms with Gasteiger partial charge in [0.2, 0.25) is 0 Å². The number of carbonyl (C=O) groups excluding carboxylic acids is 1. The highest BCUT2D eigenvalue weighted by molar-refractivity contribution is 7.11. The lowest BCUT2D eigenvalue weighted by molar-refractivity contribution is 0.230. The quantitative estimate of drug-likeness (QED) is 0.774. The molecule has 5 nitrogen and oxygen atoms in total. The van der Waals surface area contributed by atoms with Gasteiger partial charge >= 0.3 is 6.03 Å². The number of amides is 2. The Morgan fingerprint density at radius 1 is 1.45 bits per heavy atom. The van der Waals surface area contributed by atoms with E-state index in [9.17, 15) is 4.79 Å². The van der Waals surface area contributed by atoms with Crippen LogP contribution in [0, 0.1) is 12.8 Å². The van der Waals surface area contributed by atoms with Gasteiger partial charge in [0, 0.05) is 30.2 Å². The molecule has 0 saturated heterocycles. The molecule has 2 saturated carbocycles. The number of rotatable bonds is 8. The van der Waals surface area contributed by atoms with E-state index in [0.29, 0.717) is 12.5 Å².